The molecule has 0 saturated heterocycles. The molecule has 1 aromatic rings. The van der Waals surface area contributed by atoms with Crippen LogP contribution in [0.3, 0.4) is 0 Å². The molecule has 0 bridgehead atoms. The van der Waals surface area contributed by atoms with E-state index in [9.17, 15) is 4.79 Å². The first-order valence-corrected chi connectivity index (χ1v) is 6.13. The van der Waals surface area contributed by atoms with Crippen molar-refractivity contribution in [3.8, 4) is 5.88 Å². The Morgan fingerprint density at radius 3 is 2.44 bits per heavy atom. The van der Waals surface area contributed by atoms with E-state index in [0.717, 1.165) is 0 Å². The summed E-state index contributed by atoms with van der Waals surface area (Å²) in [6.07, 6.45) is -0.0394. The van der Waals surface area contributed by atoms with Crippen molar-refractivity contribution >= 4 is 17.6 Å². The Morgan fingerprint density at radius 1 is 1.33 bits per heavy atom. The summed E-state index contributed by atoms with van der Waals surface area (Å²) in [5, 5.41) is 0.203. The molecule has 0 fully saturated rings. The molecule has 0 radical (unpaired) electrons. The number of carbonyl (C=O) groups is 1. The van der Waals surface area contributed by atoms with Gasteiger partial charge in [0.15, 0.2) is 0 Å². The predicted octanol–water partition coefficient (Wildman–Crippen LogP) is 3.48. The van der Waals surface area contributed by atoms with Crippen LogP contribution in [0.15, 0.2) is 12.1 Å². The van der Waals surface area contributed by atoms with Gasteiger partial charge in [-0.2, -0.15) is 0 Å². The lowest BCUT2D eigenvalue weighted by atomic mass is 10.2. The van der Waals surface area contributed by atoms with Gasteiger partial charge in [-0.15, -0.1) is 0 Å². The van der Waals surface area contributed by atoms with E-state index in [0.29, 0.717) is 11.4 Å². The molecule has 0 aliphatic carbocycles. The summed E-state index contributed by atoms with van der Waals surface area (Å²) in [5.74, 6) is -0.126. The third-order valence-electron chi connectivity index (χ3n) is 1.76. The molecule has 5 heteroatoms. The molecular formula is C13H18ClNO3. The minimum Gasteiger partial charge on any atom is -0.475 e. The first kappa shape index (κ1) is 14.8. The van der Waals surface area contributed by atoms with Crippen LogP contribution < -0.4 is 4.74 Å². The third-order valence-corrected chi connectivity index (χ3v) is 1.96. The smallest absolute Gasteiger partial charge is 0.338 e. The predicted molar refractivity (Wildman–Crippen MR) is 70.2 cm³/mol. The Kier molecular flexibility index (Phi) is 4.57. The number of carbonyl (C=O) groups excluding carboxylic acids is 1. The summed E-state index contributed by atoms with van der Waals surface area (Å²) in [4.78, 5) is 15.9. The summed E-state index contributed by atoms with van der Waals surface area (Å²) in [5.41, 5.74) is -0.216. The Bertz CT molecular complexity index is 438. The Balaban J connectivity index is 2.95. The number of rotatable bonds is 3. The van der Waals surface area contributed by atoms with Crippen molar-refractivity contribution in [3.63, 3.8) is 0 Å². The molecule has 100 valence electrons. The number of halogens is 1. The van der Waals surface area contributed by atoms with Crippen LogP contribution in [0.25, 0.3) is 0 Å². The molecule has 0 aliphatic heterocycles. The average Bonchev–Trinajstić information content (AvgIpc) is 2.12. The molecule has 4 nitrogen and oxygen atoms in total. The lowest BCUT2D eigenvalue weighted by Crippen LogP contribution is -2.24. The van der Waals surface area contributed by atoms with E-state index < -0.39 is 11.6 Å². The minimum absolute atomic E-state index is 0.0394. The van der Waals surface area contributed by atoms with Gasteiger partial charge in [-0.1, -0.05) is 11.6 Å². The highest BCUT2D eigenvalue weighted by molar-refractivity contribution is 6.29. The highest BCUT2D eigenvalue weighted by atomic mass is 35.5. The summed E-state index contributed by atoms with van der Waals surface area (Å²) < 4.78 is 10.7. The van der Waals surface area contributed by atoms with Crippen molar-refractivity contribution in [1.29, 1.82) is 0 Å². The average molecular weight is 272 g/mol. The molecule has 0 unspecified atom stereocenters. The van der Waals surface area contributed by atoms with E-state index in [1.54, 1.807) is 20.8 Å². The Morgan fingerprint density at radius 2 is 1.94 bits per heavy atom. The van der Waals surface area contributed by atoms with Gasteiger partial charge in [0.05, 0.1) is 11.7 Å². The number of hydrogen-bond acceptors (Lipinski definition) is 4. The van der Waals surface area contributed by atoms with E-state index in [1.807, 2.05) is 13.8 Å². The normalized spacial score (nSPS) is 11.5. The van der Waals surface area contributed by atoms with Crippen molar-refractivity contribution < 1.29 is 14.3 Å². The molecule has 0 atom stereocenters. The molecule has 1 rings (SSSR count). The fourth-order valence-corrected chi connectivity index (χ4v) is 1.43. The van der Waals surface area contributed by atoms with Crippen LogP contribution in [-0.4, -0.2) is 22.7 Å². The molecule has 0 saturated carbocycles. The number of pyridine rings is 1. The number of hydrogen-bond donors (Lipinski definition) is 0. The quantitative estimate of drug-likeness (QED) is 0.624. The van der Waals surface area contributed by atoms with Gasteiger partial charge >= 0.3 is 5.97 Å². The molecule has 0 amide bonds. The molecule has 0 spiro atoms. The summed E-state index contributed by atoms with van der Waals surface area (Å²) >= 11 is 5.85. The van der Waals surface area contributed by atoms with E-state index in [1.165, 1.54) is 12.1 Å². The number of nitrogens with zero attached hydrogens (tertiary/aromatic N) is 1. The second-order valence-electron chi connectivity index (χ2n) is 5.19. The van der Waals surface area contributed by atoms with Gasteiger partial charge < -0.3 is 9.47 Å². The largest absolute Gasteiger partial charge is 0.475 e. The minimum atomic E-state index is -0.550. The van der Waals surface area contributed by atoms with Crippen LogP contribution in [0.1, 0.15) is 45.0 Å². The van der Waals surface area contributed by atoms with Crippen LogP contribution in [0.4, 0.5) is 0 Å². The summed E-state index contributed by atoms with van der Waals surface area (Å²) in [6, 6.07) is 2.99. The van der Waals surface area contributed by atoms with Crippen LogP contribution in [-0.2, 0) is 4.74 Å². The maximum Gasteiger partial charge on any atom is 0.338 e. The Hall–Kier alpha value is -1.29. The van der Waals surface area contributed by atoms with Gasteiger partial charge in [0.2, 0.25) is 5.88 Å². The summed E-state index contributed by atoms with van der Waals surface area (Å²) in [7, 11) is 0. The van der Waals surface area contributed by atoms with Crippen molar-refractivity contribution in [2.45, 2.75) is 46.3 Å². The van der Waals surface area contributed by atoms with Crippen molar-refractivity contribution in [2.24, 2.45) is 0 Å². The maximum absolute atomic E-state index is 11.9. The molecule has 0 N–H and O–H groups in total. The second kappa shape index (κ2) is 5.57. The van der Waals surface area contributed by atoms with Gasteiger partial charge in [-0.3, -0.25) is 0 Å². The molecule has 1 heterocycles. The van der Waals surface area contributed by atoms with E-state index in [-0.39, 0.29) is 11.3 Å². The maximum atomic E-state index is 11.9. The van der Waals surface area contributed by atoms with Crippen LogP contribution >= 0.6 is 11.6 Å². The van der Waals surface area contributed by atoms with Crippen LogP contribution in [0.5, 0.6) is 5.88 Å². The third kappa shape index (κ3) is 4.92. The highest BCUT2D eigenvalue weighted by Crippen LogP contribution is 2.20. The van der Waals surface area contributed by atoms with E-state index in [4.69, 9.17) is 21.1 Å². The Labute approximate surface area is 112 Å². The van der Waals surface area contributed by atoms with Crippen molar-refractivity contribution in [3.05, 3.63) is 22.8 Å². The van der Waals surface area contributed by atoms with Gasteiger partial charge in [-0.05, 0) is 40.7 Å². The molecule has 0 aliphatic rings. The zero-order chi connectivity index (χ0) is 13.9. The first-order valence-electron chi connectivity index (χ1n) is 5.75. The lowest BCUT2D eigenvalue weighted by Gasteiger charge is -2.19. The van der Waals surface area contributed by atoms with Crippen molar-refractivity contribution in [1.82, 2.24) is 4.98 Å². The first-order chi connectivity index (χ1) is 8.17. The number of esters is 1. The lowest BCUT2D eigenvalue weighted by molar-refractivity contribution is 0.00686. The van der Waals surface area contributed by atoms with Gasteiger partial charge in [0.1, 0.15) is 10.8 Å². The fraction of sp³-hybridized carbons (Fsp3) is 0.538. The van der Waals surface area contributed by atoms with Crippen molar-refractivity contribution in [2.75, 3.05) is 0 Å². The number of ether oxygens (including phenoxy) is 2. The molecule has 1 aromatic heterocycles. The molecule has 0 aromatic carbocycles. The van der Waals surface area contributed by atoms with E-state index in [2.05, 4.69) is 4.98 Å². The van der Waals surface area contributed by atoms with E-state index >= 15 is 0 Å². The monoisotopic (exact) mass is 271 g/mol. The van der Waals surface area contributed by atoms with Gasteiger partial charge in [0, 0.05) is 6.07 Å². The summed E-state index contributed by atoms with van der Waals surface area (Å²) in [6.45, 7) is 9.16. The standard InChI is InChI=1S/C13H18ClNO3/c1-8(2)17-11-7-9(6-10(14)15-11)12(16)18-13(3,4)5/h6-8H,1-5H3. The topological polar surface area (TPSA) is 48.4 Å². The van der Waals surface area contributed by atoms with Crippen LogP contribution in [0, 0.1) is 0 Å². The highest BCUT2D eigenvalue weighted by Gasteiger charge is 2.19. The zero-order valence-electron chi connectivity index (χ0n) is 11.3. The molecular weight excluding hydrogens is 254 g/mol. The SMILES string of the molecule is CC(C)Oc1cc(C(=O)OC(C)(C)C)cc(Cl)n1. The fourth-order valence-electron chi connectivity index (χ4n) is 1.23. The van der Waals surface area contributed by atoms with Gasteiger partial charge in [0.25, 0.3) is 0 Å². The molecule has 18 heavy (non-hydrogen) atoms. The van der Waals surface area contributed by atoms with Gasteiger partial charge in [-0.25, -0.2) is 9.78 Å². The van der Waals surface area contributed by atoms with Crippen LogP contribution in [0.2, 0.25) is 5.15 Å². The second-order valence-corrected chi connectivity index (χ2v) is 5.57. The zero-order valence-corrected chi connectivity index (χ0v) is 12.0. The number of aromatic nitrogens is 1.